The van der Waals surface area contributed by atoms with E-state index >= 15 is 0 Å². The van der Waals surface area contributed by atoms with Crippen LogP contribution in [0.25, 0.3) is 11.3 Å². The molecule has 1 aliphatic carbocycles. The minimum absolute atomic E-state index is 0.111. The van der Waals surface area contributed by atoms with Crippen molar-refractivity contribution in [1.82, 2.24) is 4.98 Å². The van der Waals surface area contributed by atoms with Gasteiger partial charge in [0.1, 0.15) is 0 Å². The van der Waals surface area contributed by atoms with Crippen LogP contribution in [-0.4, -0.2) is 23.3 Å². The zero-order valence-electron chi connectivity index (χ0n) is 19.9. The van der Waals surface area contributed by atoms with E-state index in [1.807, 2.05) is 19.9 Å². The summed E-state index contributed by atoms with van der Waals surface area (Å²) in [4.78, 5) is 17.2. The van der Waals surface area contributed by atoms with E-state index in [1.54, 1.807) is 49.4 Å². The zero-order chi connectivity index (χ0) is 25.2. The molecule has 0 amide bonds. The summed E-state index contributed by atoms with van der Waals surface area (Å²) in [6, 6.07) is 14.9. The van der Waals surface area contributed by atoms with Gasteiger partial charge in [-0.25, -0.2) is 4.79 Å². The number of aromatic nitrogens is 1. The smallest absolute Gasteiger partial charge is 0.418 e. The van der Waals surface area contributed by atoms with Gasteiger partial charge in [0.2, 0.25) is 6.29 Å². The Kier molecular flexibility index (Phi) is 7.26. The number of nitrogens with zero attached hydrogens (tertiary/aromatic N) is 1. The van der Waals surface area contributed by atoms with Crippen LogP contribution in [0.1, 0.15) is 72.1 Å². The molecule has 0 bridgehead atoms. The Morgan fingerprint density at radius 3 is 2.40 bits per heavy atom. The molecule has 2 aromatic carbocycles. The number of rotatable bonds is 8. The summed E-state index contributed by atoms with van der Waals surface area (Å²) >= 11 is 0. The molecule has 1 aromatic heterocycles. The lowest BCUT2D eigenvalue weighted by Crippen LogP contribution is -2.22. The monoisotopic (exact) mass is 483 g/mol. The first-order valence-electron chi connectivity index (χ1n) is 11.7. The first-order chi connectivity index (χ1) is 16.6. The fraction of sp³-hybridized carbons (Fsp3) is 0.357. The number of carbonyl (C=O) groups excluding carboxylic acids is 1. The summed E-state index contributed by atoms with van der Waals surface area (Å²) in [7, 11) is 0. The highest BCUT2D eigenvalue weighted by Gasteiger charge is 2.35. The summed E-state index contributed by atoms with van der Waals surface area (Å²) in [5, 5.41) is 0. The Labute approximate surface area is 203 Å². The van der Waals surface area contributed by atoms with Gasteiger partial charge in [-0.05, 0) is 74.8 Å². The summed E-state index contributed by atoms with van der Waals surface area (Å²) < 4.78 is 52.8. The second-order valence-electron chi connectivity index (χ2n) is 9.13. The molecule has 184 valence electrons. The van der Waals surface area contributed by atoms with Crippen molar-refractivity contribution in [2.75, 3.05) is 0 Å². The number of benzene rings is 2. The van der Waals surface area contributed by atoms with Crippen LogP contribution in [0, 0.1) is 0 Å². The molecule has 35 heavy (non-hydrogen) atoms. The molecule has 1 unspecified atom stereocenters. The molecule has 3 aromatic rings. The van der Waals surface area contributed by atoms with Crippen molar-refractivity contribution in [3.63, 3.8) is 0 Å². The molecule has 0 saturated heterocycles. The van der Waals surface area contributed by atoms with E-state index in [9.17, 15) is 18.0 Å². The number of alkyl halides is 3. The van der Waals surface area contributed by atoms with Gasteiger partial charge in [0.25, 0.3) is 0 Å². The molecular formula is C28H28F3NO3. The van der Waals surface area contributed by atoms with Crippen molar-refractivity contribution in [2.24, 2.45) is 0 Å². The van der Waals surface area contributed by atoms with E-state index in [0.29, 0.717) is 28.2 Å². The maximum atomic E-state index is 13.9. The van der Waals surface area contributed by atoms with Crippen LogP contribution >= 0.6 is 0 Å². The van der Waals surface area contributed by atoms with Gasteiger partial charge in [-0.2, -0.15) is 13.2 Å². The molecule has 4 nitrogen and oxygen atoms in total. The third-order valence-corrected chi connectivity index (χ3v) is 5.83. The van der Waals surface area contributed by atoms with Gasteiger partial charge in [0.05, 0.1) is 22.9 Å². The van der Waals surface area contributed by atoms with Crippen LogP contribution in [0.5, 0.6) is 0 Å². The van der Waals surface area contributed by atoms with Crippen LogP contribution in [0.2, 0.25) is 0 Å². The summed E-state index contributed by atoms with van der Waals surface area (Å²) in [5.74, 6) is -0.149. The Bertz CT molecular complexity index is 1190. The van der Waals surface area contributed by atoms with Crippen LogP contribution in [0.15, 0.2) is 60.8 Å². The number of carbonyl (C=O) groups is 1. The predicted molar refractivity (Wildman–Crippen MR) is 127 cm³/mol. The summed E-state index contributed by atoms with van der Waals surface area (Å²) in [6.07, 6.45) is -1.78. The highest BCUT2D eigenvalue weighted by atomic mass is 19.4. The summed E-state index contributed by atoms with van der Waals surface area (Å²) in [5.41, 5.74) is 1.78. The average Bonchev–Trinajstić information content (AvgIpc) is 3.64. The fourth-order valence-corrected chi connectivity index (χ4v) is 4.10. The molecule has 1 aliphatic rings. The average molecular weight is 484 g/mol. The largest absolute Gasteiger partial charge is 0.432 e. The van der Waals surface area contributed by atoms with Gasteiger partial charge >= 0.3 is 12.1 Å². The van der Waals surface area contributed by atoms with Gasteiger partial charge in [0.15, 0.2) is 0 Å². The van der Waals surface area contributed by atoms with E-state index in [1.165, 1.54) is 6.20 Å². The normalized spacial score (nSPS) is 14.7. The van der Waals surface area contributed by atoms with Gasteiger partial charge in [-0.3, -0.25) is 4.98 Å². The molecule has 7 heteroatoms. The minimum Gasteiger partial charge on any atom is -0.432 e. The lowest BCUT2D eigenvalue weighted by atomic mass is 9.95. The Hall–Kier alpha value is -3.19. The standard InChI is InChI=1S/C28H28F3NO3/c1-17(2)34-18(3)35-27(33)24-15-22(20-9-10-20)11-12-23(24)13-19-14-25(28(29,30)31)26(32-16-19)21-7-5-4-6-8-21/h4-8,11-12,14-18,20H,9-10,13H2,1-3H3. The van der Waals surface area contributed by atoms with E-state index in [-0.39, 0.29) is 18.2 Å². The third-order valence-electron chi connectivity index (χ3n) is 5.83. The van der Waals surface area contributed by atoms with Crippen molar-refractivity contribution in [3.8, 4) is 11.3 Å². The maximum Gasteiger partial charge on any atom is 0.418 e. The number of hydrogen-bond acceptors (Lipinski definition) is 4. The van der Waals surface area contributed by atoms with Crippen molar-refractivity contribution < 1.29 is 27.4 Å². The highest BCUT2D eigenvalue weighted by molar-refractivity contribution is 5.91. The lowest BCUT2D eigenvalue weighted by Gasteiger charge is -2.18. The SMILES string of the molecule is CC(C)OC(C)OC(=O)c1cc(C2CC2)ccc1Cc1cnc(-c2ccccc2)c(C(F)(F)F)c1. The lowest BCUT2D eigenvalue weighted by molar-refractivity contribution is -0.137. The number of pyridine rings is 1. The second kappa shape index (κ2) is 10.2. The molecular weight excluding hydrogens is 455 g/mol. The minimum atomic E-state index is -4.57. The van der Waals surface area contributed by atoms with Gasteiger partial charge in [-0.1, -0.05) is 42.5 Å². The molecule has 4 rings (SSSR count). The fourth-order valence-electron chi connectivity index (χ4n) is 4.10. The molecule has 0 spiro atoms. The van der Waals surface area contributed by atoms with Gasteiger partial charge in [0, 0.05) is 11.8 Å². The number of ether oxygens (including phenoxy) is 2. The van der Waals surface area contributed by atoms with E-state index < -0.39 is 24.0 Å². The Morgan fingerprint density at radius 1 is 1.06 bits per heavy atom. The van der Waals surface area contributed by atoms with E-state index in [0.717, 1.165) is 24.5 Å². The Balaban J connectivity index is 1.67. The number of hydrogen-bond donors (Lipinski definition) is 0. The van der Waals surface area contributed by atoms with E-state index in [4.69, 9.17) is 9.47 Å². The predicted octanol–water partition coefficient (Wildman–Crippen LogP) is 7.16. The molecule has 1 heterocycles. The third kappa shape index (κ3) is 6.28. The summed E-state index contributed by atoms with van der Waals surface area (Å²) in [6.45, 7) is 5.33. The quantitative estimate of drug-likeness (QED) is 0.252. The van der Waals surface area contributed by atoms with Crippen LogP contribution in [0.3, 0.4) is 0 Å². The number of halogens is 3. The molecule has 0 N–H and O–H groups in total. The highest BCUT2D eigenvalue weighted by Crippen LogP contribution is 2.41. The Morgan fingerprint density at radius 2 is 1.77 bits per heavy atom. The van der Waals surface area contributed by atoms with Crippen molar-refractivity contribution in [3.05, 3.63) is 88.6 Å². The van der Waals surface area contributed by atoms with Gasteiger partial charge in [-0.15, -0.1) is 0 Å². The van der Waals surface area contributed by atoms with Crippen LogP contribution in [-0.2, 0) is 22.1 Å². The molecule has 1 saturated carbocycles. The van der Waals surface area contributed by atoms with Crippen LogP contribution in [0.4, 0.5) is 13.2 Å². The molecule has 0 radical (unpaired) electrons. The van der Waals surface area contributed by atoms with Crippen molar-refractivity contribution in [1.29, 1.82) is 0 Å². The van der Waals surface area contributed by atoms with Crippen LogP contribution < -0.4 is 0 Å². The van der Waals surface area contributed by atoms with Gasteiger partial charge < -0.3 is 9.47 Å². The zero-order valence-corrected chi connectivity index (χ0v) is 19.9. The van der Waals surface area contributed by atoms with E-state index in [2.05, 4.69) is 4.98 Å². The molecule has 1 fully saturated rings. The van der Waals surface area contributed by atoms with Crippen molar-refractivity contribution in [2.45, 2.75) is 64.5 Å². The van der Waals surface area contributed by atoms with Crippen molar-refractivity contribution >= 4 is 5.97 Å². The number of esters is 1. The topological polar surface area (TPSA) is 48.4 Å². The first kappa shape index (κ1) is 24.9. The second-order valence-corrected chi connectivity index (χ2v) is 9.13. The molecule has 1 atom stereocenters. The first-order valence-corrected chi connectivity index (χ1v) is 11.7. The maximum absolute atomic E-state index is 13.9. The molecule has 0 aliphatic heterocycles.